The van der Waals surface area contributed by atoms with Crippen LogP contribution in [-0.4, -0.2) is 30.3 Å². The molecule has 94 valence electrons. The molecule has 0 bridgehead atoms. The number of hydrogen-bond donors (Lipinski definition) is 1. The highest BCUT2D eigenvalue weighted by Gasteiger charge is 2.18. The molecule has 1 aliphatic heterocycles. The second-order valence-electron chi connectivity index (χ2n) is 4.14. The van der Waals surface area contributed by atoms with Crippen molar-refractivity contribution in [2.75, 3.05) is 20.3 Å². The van der Waals surface area contributed by atoms with Gasteiger partial charge < -0.3 is 14.5 Å². The average Bonchev–Trinajstić information content (AvgIpc) is 2.78. The molecule has 1 aliphatic rings. The van der Waals surface area contributed by atoms with Crippen LogP contribution in [0.25, 0.3) is 0 Å². The van der Waals surface area contributed by atoms with Gasteiger partial charge in [0, 0.05) is 26.7 Å². The summed E-state index contributed by atoms with van der Waals surface area (Å²) in [6.45, 7) is 1.88. The Morgan fingerprint density at radius 1 is 1.65 bits per heavy atom. The summed E-state index contributed by atoms with van der Waals surface area (Å²) in [7, 11) is 1.58. The van der Waals surface area contributed by atoms with Crippen LogP contribution in [0.4, 0.5) is 0 Å². The van der Waals surface area contributed by atoms with E-state index in [-0.39, 0.29) is 5.56 Å². The summed E-state index contributed by atoms with van der Waals surface area (Å²) in [6, 6.07) is 0. The van der Waals surface area contributed by atoms with Crippen molar-refractivity contribution in [1.29, 1.82) is 0 Å². The topological polar surface area (TPSA) is 64.2 Å². The molecule has 1 aromatic heterocycles. The smallest absolute Gasteiger partial charge is 0.265 e. The lowest BCUT2D eigenvalue weighted by molar-refractivity contribution is 0.179. The monoisotopic (exact) mass is 302 g/mol. The summed E-state index contributed by atoms with van der Waals surface area (Å²) in [5.41, 5.74) is 0.492. The van der Waals surface area contributed by atoms with Crippen molar-refractivity contribution >= 4 is 15.9 Å². The van der Waals surface area contributed by atoms with Crippen molar-refractivity contribution < 1.29 is 9.47 Å². The molecule has 0 spiro atoms. The van der Waals surface area contributed by atoms with Crippen molar-refractivity contribution in [2.24, 2.45) is 5.92 Å². The molecule has 1 saturated heterocycles. The maximum atomic E-state index is 11.7. The molecule has 1 N–H and O–H groups in total. The number of nitrogens with zero attached hydrogens (tertiary/aromatic N) is 1. The highest BCUT2D eigenvalue weighted by Crippen LogP contribution is 2.17. The number of hydrogen-bond acceptors (Lipinski definition) is 4. The molecule has 1 unspecified atom stereocenters. The van der Waals surface area contributed by atoms with Gasteiger partial charge in [0.15, 0.2) is 0 Å². The van der Waals surface area contributed by atoms with Gasteiger partial charge in [-0.2, -0.15) is 0 Å². The van der Waals surface area contributed by atoms with Crippen LogP contribution in [-0.2, 0) is 22.5 Å². The van der Waals surface area contributed by atoms with E-state index in [1.165, 1.54) is 0 Å². The second kappa shape index (κ2) is 5.75. The molecular weight excluding hydrogens is 288 g/mol. The van der Waals surface area contributed by atoms with E-state index in [2.05, 4.69) is 25.9 Å². The van der Waals surface area contributed by atoms with Crippen LogP contribution in [0.1, 0.15) is 17.9 Å². The van der Waals surface area contributed by atoms with E-state index in [1.807, 2.05) is 0 Å². The number of methoxy groups -OCH3 is 1. The minimum absolute atomic E-state index is 0.152. The first-order valence-electron chi connectivity index (χ1n) is 5.55. The molecule has 2 rings (SSSR count). The van der Waals surface area contributed by atoms with Crippen molar-refractivity contribution in [3.05, 3.63) is 26.3 Å². The highest BCUT2D eigenvalue weighted by atomic mass is 79.9. The number of rotatable bonds is 4. The minimum atomic E-state index is -0.152. The lowest BCUT2D eigenvalue weighted by Gasteiger charge is -2.09. The number of halogens is 1. The lowest BCUT2D eigenvalue weighted by Crippen LogP contribution is -2.18. The summed E-state index contributed by atoms with van der Waals surface area (Å²) in [6.07, 6.45) is 1.78. The van der Waals surface area contributed by atoms with Gasteiger partial charge in [-0.15, -0.1) is 0 Å². The predicted molar refractivity (Wildman–Crippen MR) is 65.9 cm³/mol. The quantitative estimate of drug-likeness (QED) is 0.909. The lowest BCUT2D eigenvalue weighted by atomic mass is 10.0. The van der Waals surface area contributed by atoms with E-state index in [0.29, 0.717) is 28.5 Å². The highest BCUT2D eigenvalue weighted by molar-refractivity contribution is 9.10. The minimum Gasteiger partial charge on any atom is -0.381 e. The van der Waals surface area contributed by atoms with Crippen LogP contribution in [0, 0.1) is 5.92 Å². The standard InChI is InChI=1S/C11H15BrN2O3/c1-16-6-8-10(12)11(15)14-9(13-8)4-7-2-3-17-5-7/h7H,2-6H2,1H3,(H,13,14,15). The number of nitrogens with one attached hydrogen (secondary N) is 1. The first-order valence-corrected chi connectivity index (χ1v) is 6.34. The first-order chi connectivity index (χ1) is 8.20. The van der Waals surface area contributed by atoms with Gasteiger partial charge in [0.1, 0.15) is 10.3 Å². The van der Waals surface area contributed by atoms with Gasteiger partial charge in [0.05, 0.1) is 12.3 Å². The molecule has 0 amide bonds. The van der Waals surface area contributed by atoms with Gasteiger partial charge in [0.25, 0.3) is 5.56 Å². The maximum absolute atomic E-state index is 11.7. The number of aromatic amines is 1. The number of aromatic nitrogens is 2. The summed E-state index contributed by atoms with van der Waals surface area (Å²) in [5, 5.41) is 0. The molecule has 5 nitrogen and oxygen atoms in total. The van der Waals surface area contributed by atoms with E-state index in [1.54, 1.807) is 7.11 Å². The summed E-state index contributed by atoms with van der Waals surface area (Å²) < 4.78 is 10.8. The third-order valence-electron chi connectivity index (χ3n) is 2.77. The van der Waals surface area contributed by atoms with Gasteiger partial charge in [-0.3, -0.25) is 4.79 Å². The van der Waals surface area contributed by atoms with Gasteiger partial charge >= 0.3 is 0 Å². The number of H-pyrrole nitrogens is 1. The Labute approximate surface area is 108 Å². The summed E-state index contributed by atoms with van der Waals surface area (Å²) in [5.74, 6) is 1.16. The SMILES string of the molecule is COCc1nc(CC2CCOC2)[nH]c(=O)c1Br. The van der Waals surface area contributed by atoms with E-state index in [9.17, 15) is 4.79 Å². The van der Waals surface area contributed by atoms with Crippen molar-refractivity contribution in [3.63, 3.8) is 0 Å². The van der Waals surface area contributed by atoms with Gasteiger partial charge in [0.2, 0.25) is 0 Å². The predicted octanol–water partition coefficient (Wildman–Crippen LogP) is 1.26. The fraction of sp³-hybridized carbons (Fsp3) is 0.636. The molecule has 0 aromatic carbocycles. The van der Waals surface area contributed by atoms with E-state index < -0.39 is 0 Å². The third-order valence-corrected chi connectivity index (χ3v) is 3.59. The van der Waals surface area contributed by atoms with E-state index in [0.717, 1.165) is 26.1 Å². The van der Waals surface area contributed by atoms with Crippen molar-refractivity contribution in [1.82, 2.24) is 9.97 Å². The molecule has 6 heteroatoms. The first kappa shape index (κ1) is 12.7. The van der Waals surface area contributed by atoms with Gasteiger partial charge in [-0.05, 0) is 28.3 Å². The Morgan fingerprint density at radius 3 is 3.12 bits per heavy atom. The zero-order valence-corrected chi connectivity index (χ0v) is 11.2. The largest absolute Gasteiger partial charge is 0.381 e. The maximum Gasteiger partial charge on any atom is 0.265 e. The zero-order chi connectivity index (χ0) is 12.3. The van der Waals surface area contributed by atoms with Crippen LogP contribution in [0.15, 0.2) is 9.27 Å². The fourth-order valence-corrected chi connectivity index (χ4v) is 2.21. The Morgan fingerprint density at radius 2 is 2.47 bits per heavy atom. The van der Waals surface area contributed by atoms with Crippen LogP contribution in [0.2, 0.25) is 0 Å². The molecule has 1 fully saturated rings. The average molecular weight is 303 g/mol. The van der Waals surface area contributed by atoms with Gasteiger partial charge in [-0.25, -0.2) is 4.98 Å². The van der Waals surface area contributed by atoms with Crippen LogP contribution >= 0.6 is 15.9 Å². The van der Waals surface area contributed by atoms with Crippen molar-refractivity contribution in [3.8, 4) is 0 Å². The molecule has 17 heavy (non-hydrogen) atoms. The van der Waals surface area contributed by atoms with Crippen LogP contribution < -0.4 is 5.56 Å². The van der Waals surface area contributed by atoms with E-state index >= 15 is 0 Å². The van der Waals surface area contributed by atoms with Crippen LogP contribution in [0.3, 0.4) is 0 Å². The fourth-order valence-electron chi connectivity index (χ4n) is 1.90. The molecule has 0 saturated carbocycles. The van der Waals surface area contributed by atoms with Gasteiger partial charge in [-0.1, -0.05) is 0 Å². The summed E-state index contributed by atoms with van der Waals surface area (Å²) in [4.78, 5) is 18.9. The van der Waals surface area contributed by atoms with E-state index in [4.69, 9.17) is 9.47 Å². The molecule has 0 aliphatic carbocycles. The normalized spacial score (nSPS) is 19.8. The molecule has 2 heterocycles. The molecule has 0 radical (unpaired) electrons. The second-order valence-corrected chi connectivity index (χ2v) is 4.93. The Hall–Kier alpha value is -0.720. The number of ether oxygens (including phenoxy) is 2. The third kappa shape index (κ3) is 3.14. The Balaban J connectivity index is 2.19. The van der Waals surface area contributed by atoms with Crippen molar-refractivity contribution in [2.45, 2.75) is 19.4 Å². The molecule has 1 atom stereocenters. The molecular formula is C11H15BrN2O3. The Kier molecular flexibility index (Phi) is 4.31. The zero-order valence-electron chi connectivity index (χ0n) is 9.66. The van der Waals surface area contributed by atoms with Crippen LogP contribution in [0.5, 0.6) is 0 Å². The molecule has 1 aromatic rings. The Bertz CT molecular complexity index is 441. The summed E-state index contributed by atoms with van der Waals surface area (Å²) >= 11 is 3.22.